The molecule has 1 N–H and O–H groups in total. The molecule has 1 fully saturated rings. The van der Waals surface area contributed by atoms with Crippen molar-refractivity contribution in [1.29, 1.82) is 0 Å². The molecule has 0 saturated carbocycles. The maximum absolute atomic E-state index is 13.7. The highest BCUT2D eigenvalue weighted by Crippen LogP contribution is 2.29. The van der Waals surface area contributed by atoms with Crippen LogP contribution in [-0.2, 0) is 22.6 Å². The summed E-state index contributed by atoms with van der Waals surface area (Å²) in [6, 6.07) is 10.7. The number of rotatable bonds is 13. The van der Waals surface area contributed by atoms with Gasteiger partial charge in [0, 0.05) is 64.7 Å². The van der Waals surface area contributed by atoms with E-state index in [1.807, 2.05) is 40.0 Å². The van der Waals surface area contributed by atoms with E-state index in [-0.39, 0.29) is 38.0 Å². The van der Waals surface area contributed by atoms with Gasteiger partial charge in [0.15, 0.2) is 23.1 Å². The summed E-state index contributed by atoms with van der Waals surface area (Å²) in [5.41, 5.74) is -0.571. The number of hydrogen-bond acceptors (Lipinski definition) is 8. The number of hydrogen-bond donors (Lipinski definition) is 1. The van der Waals surface area contributed by atoms with E-state index >= 15 is 0 Å². The van der Waals surface area contributed by atoms with Gasteiger partial charge in [-0.3, -0.25) is 14.4 Å². The summed E-state index contributed by atoms with van der Waals surface area (Å²) in [6.45, 7) is 2.34. The summed E-state index contributed by atoms with van der Waals surface area (Å²) in [5, 5.41) is 15.8. The van der Waals surface area contributed by atoms with Gasteiger partial charge in [0.1, 0.15) is 24.6 Å². The van der Waals surface area contributed by atoms with E-state index in [0.29, 0.717) is 37.7 Å². The molecule has 2 aromatic carbocycles. The molecule has 0 spiro atoms. The van der Waals surface area contributed by atoms with Gasteiger partial charge in [-0.2, -0.15) is 5.10 Å². The fourth-order valence-electron chi connectivity index (χ4n) is 4.71. The molecule has 12 heteroatoms. The van der Waals surface area contributed by atoms with Crippen molar-refractivity contribution in [3.63, 3.8) is 0 Å². The molecule has 1 amide bonds. The molecule has 1 aromatic heterocycles. The van der Waals surface area contributed by atoms with Crippen LogP contribution in [0.25, 0.3) is 0 Å². The van der Waals surface area contributed by atoms with Crippen LogP contribution in [0.3, 0.4) is 0 Å². The van der Waals surface area contributed by atoms with Crippen molar-refractivity contribution in [1.82, 2.24) is 19.6 Å². The van der Waals surface area contributed by atoms with Crippen LogP contribution in [0.15, 0.2) is 54.9 Å². The lowest BCUT2D eigenvalue weighted by Crippen LogP contribution is -2.52. The number of β-amino-alcohol motifs (C(OH)–C–C–N with tert-alkyl or cyclic N) is 1. The average Bonchev–Trinajstić information content (AvgIpc) is 3.42. The van der Waals surface area contributed by atoms with Gasteiger partial charge < -0.3 is 29.0 Å². The van der Waals surface area contributed by atoms with E-state index in [0.717, 1.165) is 30.7 Å². The van der Waals surface area contributed by atoms with Crippen molar-refractivity contribution >= 4 is 5.91 Å². The third kappa shape index (κ3) is 8.62. The standard InChI is InChI=1S/C29H36F2N4O6/c1-38-18-28(36)34-13-12-33(19-29(37,20-34)21-41-23-6-7-24(30)25(31)16-23)17-22-5-8-26(27(15-22)39-2)40-14-4-11-35-10-3-9-32-35/h3,5-10,15-16,37H,4,11-14,17-21H2,1-2H3/t29-/m0/s1. The average molecular weight is 575 g/mol. The molecule has 1 aliphatic heterocycles. The Morgan fingerprint density at radius 2 is 1.90 bits per heavy atom. The Labute approximate surface area is 238 Å². The SMILES string of the molecule is COCC(=O)N1CCN(Cc2ccc(OCCCn3cccn3)c(OC)c2)C[C@@](O)(COc2ccc(F)c(F)c2)C1. The second-order valence-electron chi connectivity index (χ2n) is 10.0. The van der Waals surface area contributed by atoms with Crippen molar-refractivity contribution in [2.75, 3.05) is 60.2 Å². The van der Waals surface area contributed by atoms with Crippen LogP contribution in [0, 0.1) is 11.6 Å². The van der Waals surface area contributed by atoms with E-state index in [4.69, 9.17) is 18.9 Å². The molecule has 3 aromatic rings. The summed E-state index contributed by atoms with van der Waals surface area (Å²) in [4.78, 5) is 16.2. The molecule has 0 unspecified atom stereocenters. The molecule has 222 valence electrons. The highest BCUT2D eigenvalue weighted by atomic mass is 19.2. The Balaban J connectivity index is 1.42. The van der Waals surface area contributed by atoms with E-state index in [1.54, 1.807) is 13.3 Å². The zero-order valence-corrected chi connectivity index (χ0v) is 23.3. The van der Waals surface area contributed by atoms with Gasteiger partial charge in [-0.25, -0.2) is 8.78 Å². The quantitative estimate of drug-likeness (QED) is 0.312. The Morgan fingerprint density at radius 3 is 2.63 bits per heavy atom. The van der Waals surface area contributed by atoms with Crippen molar-refractivity contribution in [3.8, 4) is 17.2 Å². The lowest BCUT2D eigenvalue weighted by Gasteiger charge is -2.33. The highest BCUT2D eigenvalue weighted by molar-refractivity contribution is 5.77. The number of aliphatic hydroxyl groups is 1. The monoisotopic (exact) mass is 574 g/mol. The molecule has 1 atom stereocenters. The van der Waals surface area contributed by atoms with Crippen LogP contribution < -0.4 is 14.2 Å². The zero-order valence-electron chi connectivity index (χ0n) is 23.3. The predicted molar refractivity (Wildman–Crippen MR) is 146 cm³/mol. The molecule has 0 aliphatic carbocycles. The largest absolute Gasteiger partial charge is 0.493 e. The van der Waals surface area contributed by atoms with E-state index < -0.39 is 17.2 Å². The smallest absolute Gasteiger partial charge is 0.248 e. The molecular formula is C29H36F2N4O6. The summed E-state index contributed by atoms with van der Waals surface area (Å²) in [5.74, 6) is -1.02. The van der Waals surface area contributed by atoms with Crippen molar-refractivity contribution in [2.24, 2.45) is 0 Å². The summed E-state index contributed by atoms with van der Waals surface area (Å²) in [7, 11) is 3.01. The number of methoxy groups -OCH3 is 2. The van der Waals surface area contributed by atoms with E-state index in [2.05, 4.69) is 5.10 Å². The zero-order chi connectivity index (χ0) is 29.2. The predicted octanol–water partition coefficient (Wildman–Crippen LogP) is 2.74. The van der Waals surface area contributed by atoms with Crippen molar-refractivity contribution in [3.05, 3.63) is 72.1 Å². The lowest BCUT2D eigenvalue weighted by molar-refractivity contribution is -0.138. The Morgan fingerprint density at radius 1 is 1.05 bits per heavy atom. The molecule has 10 nitrogen and oxygen atoms in total. The minimum atomic E-state index is -1.49. The summed E-state index contributed by atoms with van der Waals surface area (Å²) in [6.07, 6.45) is 4.42. The Kier molecular flexibility index (Phi) is 10.5. The number of aryl methyl sites for hydroxylation is 1. The van der Waals surface area contributed by atoms with Gasteiger partial charge in [-0.15, -0.1) is 0 Å². The fraction of sp³-hybridized carbons (Fsp3) is 0.448. The second-order valence-corrected chi connectivity index (χ2v) is 10.0. The molecule has 41 heavy (non-hydrogen) atoms. The minimum absolute atomic E-state index is 0.00992. The van der Waals surface area contributed by atoms with Crippen LogP contribution in [-0.4, -0.2) is 96.4 Å². The molecule has 1 aliphatic rings. The first-order valence-corrected chi connectivity index (χ1v) is 13.3. The van der Waals surface area contributed by atoms with Crippen LogP contribution >= 0.6 is 0 Å². The van der Waals surface area contributed by atoms with Gasteiger partial charge >= 0.3 is 0 Å². The molecule has 1 saturated heterocycles. The maximum Gasteiger partial charge on any atom is 0.248 e. The van der Waals surface area contributed by atoms with Gasteiger partial charge in [0.05, 0.1) is 20.3 Å². The minimum Gasteiger partial charge on any atom is -0.493 e. The molecule has 4 rings (SSSR count). The number of benzene rings is 2. The molecular weight excluding hydrogens is 538 g/mol. The first kappa shape index (κ1) is 30.2. The number of nitrogens with zero attached hydrogens (tertiary/aromatic N) is 4. The summed E-state index contributed by atoms with van der Waals surface area (Å²) >= 11 is 0. The number of amides is 1. The number of aromatic nitrogens is 2. The van der Waals surface area contributed by atoms with E-state index in [1.165, 1.54) is 18.1 Å². The first-order valence-electron chi connectivity index (χ1n) is 13.3. The molecule has 0 bridgehead atoms. The van der Waals surface area contributed by atoms with Gasteiger partial charge in [-0.1, -0.05) is 6.07 Å². The number of carbonyl (C=O) groups excluding carboxylic acids is 1. The number of carbonyl (C=O) groups is 1. The second kappa shape index (κ2) is 14.2. The van der Waals surface area contributed by atoms with Gasteiger partial charge in [-0.05, 0) is 35.9 Å². The topological polar surface area (TPSA) is 98.5 Å². The van der Waals surface area contributed by atoms with Crippen LogP contribution in [0.1, 0.15) is 12.0 Å². The Bertz CT molecular complexity index is 1280. The normalized spacial score (nSPS) is 17.7. The number of ether oxygens (including phenoxy) is 4. The maximum atomic E-state index is 13.7. The van der Waals surface area contributed by atoms with Crippen LogP contribution in [0.2, 0.25) is 0 Å². The summed E-state index contributed by atoms with van der Waals surface area (Å²) < 4.78 is 51.0. The number of halogens is 2. The van der Waals surface area contributed by atoms with Crippen LogP contribution in [0.5, 0.6) is 17.2 Å². The van der Waals surface area contributed by atoms with Crippen LogP contribution in [0.4, 0.5) is 8.78 Å². The molecule has 0 radical (unpaired) electrons. The first-order chi connectivity index (χ1) is 19.8. The third-order valence-electron chi connectivity index (χ3n) is 6.69. The van der Waals surface area contributed by atoms with E-state index in [9.17, 15) is 18.7 Å². The Hall–Kier alpha value is -3.74. The van der Waals surface area contributed by atoms with Gasteiger partial charge in [0.25, 0.3) is 0 Å². The fourth-order valence-corrected chi connectivity index (χ4v) is 4.71. The lowest BCUT2D eigenvalue weighted by atomic mass is 10.0. The third-order valence-corrected chi connectivity index (χ3v) is 6.69. The highest BCUT2D eigenvalue weighted by Gasteiger charge is 2.37. The van der Waals surface area contributed by atoms with Crippen molar-refractivity contribution < 1.29 is 37.6 Å². The van der Waals surface area contributed by atoms with Gasteiger partial charge in [0.2, 0.25) is 5.91 Å². The van der Waals surface area contributed by atoms with Crippen molar-refractivity contribution in [2.45, 2.75) is 25.1 Å². The molecule has 2 heterocycles.